The van der Waals surface area contributed by atoms with Crippen molar-refractivity contribution in [1.29, 1.82) is 5.41 Å². The van der Waals surface area contributed by atoms with Crippen LogP contribution in [-0.4, -0.2) is 10.8 Å². The van der Waals surface area contributed by atoms with E-state index in [-0.39, 0.29) is 16.8 Å². The van der Waals surface area contributed by atoms with Crippen LogP contribution in [0.4, 0.5) is 11.4 Å². The average molecular weight is 323 g/mol. The lowest BCUT2D eigenvalue weighted by atomic mass is 10.1. The van der Waals surface area contributed by atoms with Gasteiger partial charge in [0, 0.05) is 23.2 Å². The predicted octanol–water partition coefficient (Wildman–Crippen LogP) is 3.38. The highest BCUT2D eigenvalue weighted by molar-refractivity contribution is 6.05. The first-order chi connectivity index (χ1) is 11.4. The Labute approximate surface area is 136 Å². The van der Waals surface area contributed by atoms with Crippen LogP contribution in [0.15, 0.2) is 52.9 Å². The Kier molecular flexibility index (Phi) is 3.83. The molecule has 120 valence electrons. The van der Waals surface area contributed by atoms with Crippen molar-refractivity contribution in [1.82, 2.24) is 0 Å². The molecule has 3 aromatic rings. The minimum absolute atomic E-state index is 0.00417. The molecule has 1 amide bonds. The van der Waals surface area contributed by atoms with Crippen molar-refractivity contribution >= 4 is 28.3 Å². The van der Waals surface area contributed by atoms with E-state index < -0.39 is 10.8 Å². The van der Waals surface area contributed by atoms with Gasteiger partial charge in [0.1, 0.15) is 11.1 Å². The number of hydrogen-bond donors (Lipinski definition) is 2. The van der Waals surface area contributed by atoms with E-state index in [4.69, 9.17) is 9.83 Å². The summed E-state index contributed by atoms with van der Waals surface area (Å²) in [5, 5.41) is 21.8. The van der Waals surface area contributed by atoms with Gasteiger partial charge in [0.2, 0.25) is 5.55 Å². The van der Waals surface area contributed by atoms with Gasteiger partial charge in [-0.25, -0.2) is 0 Å². The summed E-state index contributed by atoms with van der Waals surface area (Å²) in [6, 6.07) is 12.7. The van der Waals surface area contributed by atoms with E-state index in [2.05, 4.69) is 5.32 Å². The summed E-state index contributed by atoms with van der Waals surface area (Å²) < 4.78 is 5.29. The zero-order valence-electron chi connectivity index (χ0n) is 12.7. The van der Waals surface area contributed by atoms with Crippen molar-refractivity contribution in [2.24, 2.45) is 0 Å². The van der Waals surface area contributed by atoms with Crippen LogP contribution in [0.3, 0.4) is 0 Å². The van der Waals surface area contributed by atoms with Gasteiger partial charge in [0.25, 0.3) is 11.6 Å². The van der Waals surface area contributed by atoms with Crippen LogP contribution >= 0.6 is 0 Å². The van der Waals surface area contributed by atoms with Gasteiger partial charge in [-0.15, -0.1) is 0 Å². The van der Waals surface area contributed by atoms with Gasteiger partial charge in [0.05, 0.1) is 4.92 Å². The van der Waals surface area contributed by atoms with Crippen molar-refractivity contribution < 1.29 is 14.1 Å². The van der Waals surface area contributed by atoms with Crippen LogP contribution in [0.5, 0.6) is 0 Å². The number of benzene rings is 2. The first-order valence-corrected chi connectivity index (χ1v) is 7.09. The van der Waals surface area contributed by atoms with Gasteiger partial charge in [-0.3, -0.25) is 20.3 Å². The Balaban J connectivity index is 2.01. The Morgan fingerprint density at radius 1 is 1.21 bits per heavy atom. The summed E-state index contributed by atoms with van der Waals surface area (Å²) in [5.41, 5.74) is 1.47. The third kappa shape index (κ3) is 3.00. The van der Waals surface area contributed by atoms with Crippen molar-refractivity contribution in [3.63, 3.8) is 0 Å². The largest absolute Gasteiger partial charge is 0.438 e. The number of nitrogens with one attached hydrogen (secondary N) is 2. The minimum Gasteiger partial charge on any atom is -0.438 e. The molecule has 24 heavy (non-hydrogen) atoms. The second-order valence-electron chi connectivity index (χ2n) is 5.29. The molecule has 0 spiro atoms. The number of hydrogen-bond acceptors (Lipinski definition) is 5. The lowest BCUT2D eigenvalue weighted by Crippen LogP contribution is -2.20. The second-order valence-corrected chi connectivity index (χ2v) is 5.29. The fourth-order valence-corrected chi connectivity index (χ4v) is 2.33. The number of nitro groups is 1. The Bertz CT molecular complexity index is 1020. The van der Waals surface area contributed by atoms with E-state index in [1.165, 1.54) is 24.3 Å². The van der Waals surface area contributed by atoms with Gasteiger partial charge < -0.3 is 9.73 Å². The molecule has 2 aromatic carbocycles. The van der Waals surface area contributed by atoms with Gasteiger partial charge in [-0.1, -0.05) is 12.1 Å². The number of nitro benzene ring substituents is 1. The third-order valence-corrected chi connectivity index (χ3v) is 3.48. The molecule has 0 aliphatic carbocycles. The molecular formula is C17H13N3O4. The second kappa shape index (κ2) is 5.96. The fraction of sp³-hybridized carbons (Fsp3) is 0.0588. The molecule has 0 unspecified atom stereocenters. The Morgan fingerprint density at radius 3 is 2.71 bits per heavy atom. The maximum Gasteiger partial charge on any atom is 0.270 e. The number of anilines is 1. The zero-order valence-corrected chi connectivity index (χ0v) is 12.7. The molecular weight excluding hydrogens is 310 g/mol. The van der Waals surface area contributed by atoms with Crippen LogP contribution in [0, 0.1) is 22.4 Å². The van der Waals surface area contributed by atoms with Crippen molar-refractivity contribution in [3.8, 4) is 0 Å². The van der Waals surface area contributed by atoms with Crippen molar-refractivity contribution in [2.45, 2.75) is 6.92 Å². The lowest BCUT2D eigenvalue weighted by molar-refractivity contribution is -0.384. The number of non-ortho nitro benzene ring substituents is 1. The topological polar surface area (TPSA) is 109 Å². The van der Waals surface area contributed by atoms with Gasteiger partial charge in [-0.05, 0) is 36.8 Å². The number of carbonyl (C=O) groups excluding carboxylic acids is 1. The van der Waals surface area contributed by atoms with E-state index in [9.17, 15) is 14.9 Å². The number of fused-ring (bicyclic) bond motifs is 1. The monoisotopic (exact) mass is 323 g/mol. The van der Waals surface area contributed by atoms with E-state index in [1.54, 1.807) is 18.2 Å². The van der Waals surface area contributed by atoms with Crippen LogP contribution in [0.2, 0.25) is 0 Å². The molecule has 0 aliphatic rings. The summed E-state index contributed by atoms with van der Waals surface area (Å²) in [7, 11) is 0. The summed E-state index contributed by atoms with van der Waals surface area (Å²) in [6.45, 7) is 1.90. The molecule has 1 heterocycles. The number of nitrogens with zero attached hydrogens (tertiary/aromatic N) is 1. The van der Waals surface area contributed by atoms with E-state index in [0.717, 1.165) is 5.56 Å². The third-order valence-electron chi connectivity index (χ3n) is 3.48. The normalized spacial score (nSPS) is 10.5. The van der Waals surface area contributed by atoms with Crippen LogP contribution < -0.4 is 10.9 Å². The van der Waals surface area contributed by atoms with Gasteiger partial charge >= 0.3 is 0 Å². The molecule has 7 heteroatoms. The molecule has 1 aromatic heterocycles. The van der Waals surface area contributed by atoms with Crippen LogP contribution in [0.1, 0.15) is 15.9 Å². The number of aryl methyl sites for hydroxylation is 1. The Hall–Kier alpha value is -3.48. The number of rotatable bonds is 3. The summed E-state index contributed by atoms with van der Waals surface area (Å²) in [4.78, 5) is 22.7. The van der Waals surface area contributed by atoms with Crippen LogP contribution in [-0.2, 0) is 0 Å². The van der Waals surface area contributed by atoms with E-state index >= 15 is 0 Å². The maximum absolute atomic E-state index is 12.4. The maximum atomic E-state index is 12.4. The molecule has 0 aliphatic heterocycles. The van der Waals surface area contributed by atoms with E-state index in [1.807, 2.05) is 13.0 Å². The first-order valence-electron chi connectivity index (χ1n) is 7.09. The lowest BCUT2D eigenvalue weighted by Gasteiger charge is -2.07. The fourth-order valence-electron chi connectivity index (χ4n) is 2.33. The molecule has 2 N–H and O–H groups in total. The van der Waals surface area contributed by atoms with Crippen molar-refractivity contribution in [3.05, 3.63) is 75.3 Å². The smallest absolute Gasteiger partial charge is 0.270 e. The molecule has 0 bridgehead atoms. The summed E-state index contributed by atoms with van der Waals surface area (Å²) in [6.07, 6.45) is 0. The van der Waals surface area contributed by atoms with Gasteiger partial charge in [-0.2, -0.15) is 0 Å². The highest BCUT2D eigenvalue weighted by Gasteiger charge is 2.14. The molecule has 3 rings (SSSR count). The molecule has 0 fully saturated rings. The van der Waals surface area contributed by atoms with Crippen molar-refractivity contribution in [2.75, 3.05) is 5.32 Å². The van der Waals surface area contributed by atoms with E-state index in [0.29, 0.717) is 16.7 Å². The summed E-state index contributed by atoms with van der Waals surface area (Å²) >= 11 is 0. The first kappa shape index (κ1) is 15.4. The molecule has 0 saturated carbocycles. The molecule has 7 nitrogen and oxygen atoms in total. The minimum atomic E-state index is -0.527. The Morgan fingerprint density at radius 2 is 2.00 bits per heavy atom. The summed E-state index contributed by atoms with van der Waals surface area (Å²) in [5.74, 6) is -0.511. The SMILES string of the molecule is Cc1cccc(NC(=O)c2cc3cc([N+](=O)[O-])ccc3oc2=N)c1. The highest BCUT2D eigenvalue weighted by atomic mass is 16.6. The molecule has 0 radical (unpaired) electrons. The highest BCUT2D eigenvalue weighted by Crippen LogP contribution is 2.21. The number of carbonyl (C=O) groups is 1. The zero-order chi connectivity index (χ0) is 17.3. The quantitative estimate of drug-likeness (QED) is 0.568. The van der Waals surface area contributed by atoms with Crippen LogP contribution in [0.25, 0.3) is 11.0 Å². The van der Waals surface area contributed by atoms with Gasteiger partial charge in [0.15, 0.2) is 0 Å². The predicted molar refractivity (Wildman–Crippen MR) is 87.9 cm³/mol. The molecule has 0 atom stereocenters. The standard InChI is InChI=1S/C17H13N3O4/c1-10-3-2-4-12(7-10)19-17(21)14-9-11-8-13(20(22)23)5-6-15(11)24-16(14)18/h2-9,18H,1H3,(H,19,21). The molecule has 0 saturated heterocycles. The number of amides is 1. The average Bonchev–Trinajstić information content (AvgIpc) is 2.53.